The van der Waals surface area contributed by atoms with E-state index in [9.17, 15) is 9.59 Å². The van der Waals surface area contributed by atoms with Crippen LogP contribution in [0.25, 0.3) is 5.65 Å². The van der Waals surface area contributed by atoms with E-state index in [0.29, 0.717) is 22.8 Å². The Bertz CT molecular complexity index is 1000. The summed E-state index contributed by atoms with van der Waals surface area (Å²) >= 11 is 1.36. The molecule has 0 unspecified atom stereocenters. The molecule has 4 heterocycles. The Kier molecular flexibility index (Phi) is 3.91. The molecule has 7 nitrogen and oxygen atoms in total. The SMILES string of the molecule is Cc1cc2nc([C@H]3CCCCN3C(=O)c3scnc3C)cc(=O)n2[nH]1. The Labute approximate surface area is 148 Å². The number of thiazole rings is 1. The van der Waals surface area contributed by atoms with E-state index in [0.717, 1.165) is 30.7 Å². The fourth-order valence-electron chi connectivity index (χ4n) is 3.42. The average molecular weight is 357 g/mol. The first-order valence-electron chi connectivity index (χ1n) is 8.35. The highest BCUT2D eigenvalue weighted by Gasteiger charge is 2.31. The van der Waals surface area contributed by atoms with E-state index < -0.39 is 0 Å². The summed E-state index contributed by atoms with van der Waals surface area (Å²) in [6.07, 6.45) is 2.80. The van der Waals surface area contributed by atoms with Gasteiger partial charge in [-0.2, -0.15) is 0 Å². The van der Waals surface area contributed by atoms with Crippen LogP contribution in [0, 0.1) is 13.8 Å². The molecule has 0 saturated carbocycles. The summed E-state index contributed by atoms with van der Waals surface area (Å²) in [4.78, 5) is 36.7. The van der Waals surface area contributed by atoms with Gasteiger partial charge in [-0.15, -0.1) is 11.3 Å². The smallest absolute Gasteiger partial charge is 0.272 e. The van der Waals surface area contributed by atoms with Crippen molar-refractivity contribution in [1.29, 1.82) is 0 Å². The van der Waals surface area contributed by atoms with Crippen molar-refractivity contribution in [2.75, 3.05) is 6.54 Å². The minimum atomic E-state index is -0.171. The zero-order valence-corrected chi connectivity index (χ0v) is 15.0. The molecule has 1 atom stereocenters. The Morgan fingerprint density at radius 1 is 1.32 bits per heavy atom. The van der Waals surface area contributed by atoms with Crippen molar-refractivity contribution in [3.8, 4) is 0 Å². The van der Waals surface area contributed by atoms with Gasteiger partial charge in [0.15, 0.2) is 5.65 Å². The second-order valence-corrected chi connectivity index (χ2v) is 7.28. The van der Waals surface area contributed by atoms with Crippen LogP contribution in [0.5, 0.6) is 0 Å². The quantitative estimate of drug-likeness (QED) is 0.764. The Morgan fingerprint density at radius 2 is 2.16 bits per heavy atom. The molecule has 25 heavy (non-hydrogen) atoms. The Hall–Kier alpha value is -2.48. The van der Waals surface area contributed by atoms with E-state index in [1.54, 1.807) is 11.6 Å². The zero-order chi connectivity index (χ0) is 17.6. The van der Waals surface area contributed by atoms with Crippen LogP contribution in [0.2, 0.25) is 0 Å². The monoisotopic (exact) mass is 357 g/mol. The van der Waals surface area contributed by atoms with Crippen LogP contribution >= 0.6 is 11.3 Å². The second kappa shape index (κ2) is 6.11. The van der Waals surface area contributed by atoms with Crippen molar-refractivity contribution in [2.45, 2.75) is 39.2 Å². The van der Waals surface area contributed by atoms with Gasteiger partial charge in [0, 0.05) is 24.4 Å². The molecule has 1 aliphatic rings. The number of amides is 1. The Morgan fingerprint density at radius 3 is 2.92 bits per heavy atom. The van der Waals surface area contributed by atoms with Gasteiger partial charge in [-0.3, -0.25) is 14.7 Å². The fraction of sp³-hybridized carbons (Fsp3) is 0.412. The number of likely N-dealkylation sites (tertiary alicyclic amines) is 1. The number of carbonyl (C=O) groups is 1. The molecule has 0 aromatic carbocycles. The lowest BCUT2D eigenvalue weighted by Crippen LogP contribution is -2.39. The molecule has 1 fully saturated rings. The highest BCUT2D eigenvalue weighted by atomic mass is 32.1. The molecule has 130 valence electrons. The predicted octanol–water partition coefficient (Wildman–Crippen LogP) is 2.46. The molecule has 1 aliphatic heterocycles. The van der Waals surface area contributed by atoms with Gasteiger partial charge >= 0.3 is 0 Å². The van der Waals surface area contributed by atoms with Gasteiger partial charge in [-0.05, 0) is 33.1 Å². The van der Waals surface area contributed by atoms with Gasteiger partial charge < -0.3 is 4.90 Å². The van der Waals surface area contributed by atoms with Gasteiger partial charge in [-0.1, -0.05) is 0 Å². The van der Waals surface area contributed by atoms with Gasteiger partial charge in [-0.25, -0.2) is 14.5 Å². The summed E-state index contributed by atoms with van der Waals surface area (Å²) in [5.74, 6) is -0.0167. The van der Waals surface area contributed by atoms with Crippen molar-refractivity contribution in [1.82, 2.24) is 24.5 Å². The van der Waals surface area contributed by atoms with Crippen LogP contribution in [0.4, 0.5) is 0 Å². The molecule has 3 aromatic heterocycles. The number of rotatable bonds is 2. The minimum Gasteiger partial charge on any atom is -0.329 e. The number of fused-ring (bicyclic) bond motifs is 1. The predicted molar refractivity (Wildman–Crippen MR) is 95.0 cm³/mol. The first kappa shape index (κ1) is 16.0. The highest BCUT2D eigenvalue weighted by molar-refractivity contribution is 7.11. The van der Waals surface area contributed by atoms with E-state index in [1.807, 2.05) is 24.8 Å². The molecule has 4 rings (SSSR count). The van der Waals surface area contributed by atoms with E-state index in [1.165, 1.54) is 15.9 Å². The number of nitrogens with one attached hydrogen (secondary N) is 1. The van der Waals surface area contributed by atoms with Gasteiger partial charge in [0.25, 0.3) is 11.5 Å². The molecule has 0 aliphatic carbocycles. The van der Waals surface area contributed by atoms with Crippen molar-refractivity contribution in [3.05, 3.63) is 50.0 Å². The topological polar surface area (TPSA) is 83.4 Å². The average Bonchev–Trinajstić information content (AvgIpc) is 3.19. The van der Waals surface area contributed by atoms with Gasteiger partial charge in [0.1, 0.15) is 4.88 Å². The summed E-state index contributed by atoms with van der Waals surface area (Å²) in [5.41, 5.74) is 4.43. The number of carbonyl (C=O) groups excluding carboxylic acids is 1. The summed E-state index contributed by atoms with van der Waals surface area (Å²) in [7, 11) is 0. The van der Waals surface area contributed by atoms with Crippen molar-refractivity contribution < 1.29 is 4.79 Å². The molecule has 1 amide bonds. The molecular weight excluding hydrogens is 338 g/mol. The van der Waals surface area contributed by atoms with Gasteiger partial charge in [0.2, 0.25) is 0 Å². The van der Waals surface area contributed by atoms with E-state index in [4.69, 9.17) is 0 Å². The van der Waals surface area contributed by atoms with Crippen LogP contribution < -0.4 is 5.56 Å². The number of aryl methyl sites for hydroxylation is 2. The van der Waals surface area contributed by atoms with E-state index in [-0.39, 0.29) is 17.5 Å². The summed E-state index contributed by atoms with van der Waals surface area (Å²) in [6.45, 7) is 4.41. The standard InChI is InChI=1S/C17H19N5O2S/c1-10-7-14-19-12(8-15(23)22(14)20-10)13-5-3-4-6-21(13)17(24)16-11(2)18-9-25-16/h7-9,13,20H,3-6H2,1-2H3/t13-/m1/s1. The lowest BCUT2D eigenvalue weighted by Gasteiger charge is -2.35. The Balaban J connectivity index is 1.75. The number of piperidine rings is 1. The van der Waals surface area contributed by atoms with Crippen LogP contribution in [-0.4, -0.2) is 36.9 Å². The lowest BCUT2D eigenvalue weighted by molar-refractivity contribution is 0.0610. The second-order valence-electron chi connectivity index (χ2n) is 6.43. The molecule has 1 N–H and O–H groups in total. The van der Waals surface area contributed by atoms with Crippen molar-refractivity contribution >= 4 is 22.9 Å². The number of hydrogen-bond donors (Lipinski definition) is 1. The number of hydrogen-bond acceptors (Lipinski definition) is 5. The summed E-state index contributed by atoms with van der Waals surface area (Å²) in [5, 5.41) is 2.98. The molecular formula is C17H19N5O2S. The molecule has 1 saturated heterocycles. The number of H-pyrrole nitrogens is 1. The van der Waals surface area contributed by atoms with Crippen molar-refractivity contribution in [2.24, 2.45) is 0 Å². The molecule has 0 radical (unpaired) electrons. The van der Waals surface area contributed by atoms with Crippen LogP contribution in [0.15, 0.2) is 22.4 Å². The van der Waals surface area contributed by atoms with Crippen LogP contribution in [0.1, 0.15) is 52.1 Å². The lowest BCUT2D eigenvalue weighted by atomic mass is 9.98. The number of aromatic amines is 1. The largest absolute Gasteiger partial charge is 0.329 e. The molecule has 0 bridgehead atoms. The van der Waals surface area contributed by atoms with Crippen LogP contribution in [-0.2, 0) is 0 Å². The van der Waals surface area contributed by atoms with Crippen molar-refractivity contribution in [3.63, 3.8) is 0 Å². The normalized spacial score (nSPS) is 18.0. The first-order chi connectivity index (χ1) is 12.0. The summed E-state index contributed by atoms with van der Waals surface area (Å²) < 4.78 is 1.43. The third kappa shape index (κ3) is 2.76. The van der Waals surface area contributed by atoms with Gasteiger partial charge in [0.05, 0.1) is 22.9 Å². The first-order valence-corrected chi connectivity index (χ1v) is 9.23. The molecule has 3 aromatic rings. The third-order valence-corrected chi connectivity index (χ3v) is 5.56. The van der Waals surface area contributed by atoms with Crippen LogP contribution in [0.3, 0.4) is 0 Å². The highest BCUT2D eigenvalue weighted by Crippen LogP contribution is 2.32. The third-order valence-electron chi connectivity index (χ3n) is 4.64. The minimum absolute atomic E-state index is 0.0167. The maximum atomic E-state index is 13.0. The number of nitrogens with zero attached hydrogens (tertiary/aromatic N) is 4. The molecule has 0 spiro atoms. The van der Waals surface area contributed by atoms with E-state index >= 15 is 0 Å². The maximum Gasteiger partial charge on any atom is 0.272 e. The van der Waals surface area contributed by atoms with E-state index in [2.05, 4.69) is 15.1 Å². The summed E-state index contributed by atoms with van der Waals surface area (Å²) in [6, 6.07) is 3.21. The maximum absolute atomic E-state index is 13.0. The number of aromatic nitrogens is 4. The molecule has 8 heteroatoms. The zero-order valence-electron chi connectivity index (χ0n) is 14.2. The fourth-order valence-corrected chi connectivity index (χ4v) is 4.18.